The molecular weight excluding hydrogens is 384 g/mol. The van der Waals surface area contributed by atoms with E-state index >= 15 is 4.39 Å². The molecule has 0 amide bonds. The first-order valence-corrected chi connectivity index (χ1v) is 9.89. The summed E-state index contributed by atoms with van der Waals surface area (Å²) in [6.07, 6.45) is 0. The van der Waals surface area contributed by atoms with Gasteiger partial charge in [-0.2, -0.15) is 0 Å². The lowest BCUT2D eigenvalue weighted by Crippen LogP contribution is -2.22. The molecule has 0 radical (unpaired) electrons. The molecule has 4 rings (SSSR count). The monoisotopic (exact) mass is 406 g/mol. The summed E-state index contributed by atoms with van der Waals surface area (Å²) in [4.78, 5) is 12.9. The Morgan fingerprint density at radius 2 is 1.67 bits per heavy atom. The lowest BCUT2D eigenvalue weighted by molar-refractivity contribution is -0.522. The van der Waals surface area contributed by atoms with Crippen LogP contribution in [0, 0.1) is 22.5 Å². The number of ether oxygens (including phenoxy) is 1. The Bertz CT molecular complexity index is 1120. The Morgan fingerprint density at radius 3 is 2.33 bits per heavy atom. The summed E-state index contributed by atoms with van der Waals surface area (Å²) in [5.41, 5.74) is 3.73. The van der Waals surface area contributed by atoms with Gasteiger partial charge in [-0.25, -0.2) is 8.78 Å². The van der Waals surface area contributed by atoms with E-state index in [1.165, 1.54) is 12.1 Å². The normalized spacial score (nSPS) is 13.6. The highest BCUT2D eigenvalue weighted by Gasteiger charge is 2.37. The van der Waals surface area contributed by atoms with Crippen LogP contribution in [0.3, 0.4) is 0 Å². The number of nitroso groups, excluding NO2 is 1. The topological polar surface area (TPSA) is 29.3 Å². The van der Waals surface area contributed by atoms with Gasteiger partial charge < -0.3 is 4.74 Å². The summed E-state index contributed by atoms with van der Waals surface area (Å²) >= 11 is 0. The fraction of sp³-hybridized carbons (Fsp3) is 0.200. The Kier molecular flexibility index (Phi) is 5.44. The van der Waals surface area contributed by atoms with Crippen LogP contribution < -0.4 is 4.74 Å². The number of halogens is 2. The van der Waals surface area contributed by atoms with E-state index in [4.69, 9.17) is 4.74 Å². The van der Waals surface area contributed by atoms with Gasteiger partial charge in [0.05, 0.1) is 11.1 Å². The van der Waals surface area contributed by atoms with Gasteiger partial charge in [0.25, 0.3) is 0 Å². The molecule has 0 bridgehead atoms. The van der Waals surface area contributed by atoms with Crippen LogP contribution in [0.4, 0.5) is 8.78 Å². The minimum Gasteiger partial charge on any atom is -0.486 e. The summed E-state index contributed by atoms with van der Waals surface area (Å²) in [6.45, 7) is 3.97. The molecule has 1 aliphatic heterocycles. The van der Waals surface area contributed by atoms with E-state index in [2.05, 4.69) is 0 Å². The van der Waals surface area contributed by atoms with Crippen LogP contribution in [0.25, 0.3) is 5.57 Å². The van der Waals surface area contributed by atoms with Crippen molar-refractivity contribution >= 4 is 5.57 Å². The maximum absolute atomic E-state index is 15.3. The van der Waals surface area contributed by atoms with Crippen LogP contribution in [-0.4, -0.2) is 4.76 Å². The van der Waals surface area contributed by atoms with Crippen LogP contribution in [0.2, 0.25) is 0 Å². The first-order chi connectivity index (χ1) is 14.5. The molecule has 0 spiro atoms. The van der Waals surface area contributed by atoms with Crippen LogP contribution in [0.5, 0.6) is 5.75 Å². The molecule has 0 aromatic heterocycles. The second-order valence-corrected chi connectivity index (χ2v) is 7.64. The van der Waals surface area contributed by atoms with E-state index in [9.17, 15) is 9.30 Å². The Labute approximate surface area is 174 Å². The number of benzene rings is 3. The van der Waals surface area contributed by atoms with Crippen LogP contribution in [-0.2, 0) is 13.2 Å². The molecule has 3 aromatic rings. The van der Waals surface area contributed by atoms with Gasteiger partial charge >= 0.3 is 0 Å². The Hall–Kier alpha value is -3.34. The van der Waals surface area contributed by atoms with Crippen LogP contribution in [0.1, 0.15) is 36.1 Å². The minimum absolute atomic E-state index is 0.0761. The highest BCUT2D eigenvalue weighted by atomic mass is 19.1. The number of hydrogen-bond acceptors (Lipinski definition) is 2. The van der Waals surface area contributed by atoms with E-state index in [0.29, 0.717) is 28.0 Å². The van der Waals surface area contributed by atoms with Gasteiger partial charge in [0.2, 0.25) is 12.2 Å². The third-order valence-electron chi connectivity index (χ3n) is 5.22. The van der Waals surface area contributed by atoms with Crippen molar-refractivity contribution in [2.75, 3.05) is 0 Å². The molecule has 0 saturated heterocycles. The lowest BCUT2D eigenvalue weighted by atomic mass is 9.86. The first kappa shape index (κ1) is 20.0. The second kappa shape index (κ2) is 8.19. The molecule has 5 heteroatoms. The van der Waals surface area contributed by atoms with Gasteiger partial charge in [-0.3, -0.25) is 0 Å². The van der Waals surface area contributed by atoms with Crippen molar-refractivity contribution in [3.05, 3.63) is 111 Å². The molecule has 0 N–H and O–H groups in total. The maximum atomic E-state index is 15.3. The molecule has 0 atom stereocenters. The summed E-state index contributed by atoms with van der Waals surface area (Å²) in [5, 5.41) is 0. The zero-order chi connectivity index (χ0) is 21.3. The van der Waals surface area contributed by atoms with E-state index in [0.717, 1.165) is 10.3 Å². The van der Waals surface area contributed by atoms with Gasteiger partial charge in [0, 0.05) is 21.1 Å². The van der Waals surface area contributed by atoms with Crippen molar-refractivity contribution < 1.29 is 18.3 Å². The molecule has 1 heterocycles. The smallest absolute Gasteiger partial charge is 0.244 e. The number of hydrogen-bond donors (Lipinski definition) is 0. The van der Waals surface area contributed by atoms with E-state index in [-0.39, 0.29) is 30.6 Å². The van der Waals surface area contributed by atoms with Gasteiger partial charge in [-0.1, -0.05) is 56.3 Å². The molecule has 0 unspecified atom stereocenters. The maximum Gasteiger partial charge on any atom is 0.244 e. The highest BCUT2D eigenvalue weighted by molar-refractivity contribution is 5.84. The van der Waals surface area contributed by atoms with Gasteiger partial charge in [0.15, 0.2) is 11.6 Å². The predicted octanol–water partition coefficient (Wildman–Crippen LogP) is 6.25. The molecule has 3 nitrogen and oxygen atoms in total. The Balaban J connectivity index is 1.78. The molecule has 0 aliphatic carbocycles. The third-order valence-corrected chi connectivity index (χ3v) is 5.22. The first-order valence-electron chi connectivity index (χ1n) is 9.89. The van der Waals surface area contributed by atoms with Gasteiger partial charge in [-0.05, 0) is 35.4 Å². The van der Waals surface area contributed by atoms with Crippen LogP contribution in [0.15, 0.2) is 72.4 Å². The van der Waals surface area contributed by atoms with E-state index in [1.807, 2.05) is 44.2 Å². The molecule has 152 valence electrons. The fourth-order valence-electron chi connectivity index (χ4n) is 3.82. The third kappa shape index (κ3) is 3.75. The standard InChI is InChI=1S/C25H22F2NO2/c1-16(2)25-23(18-8-10-19(26)11-9-18)20-12-13-22(24(27)21(20)14-28(25)29)30-15-17-6-4-3-5-7-17/h3-13,16H,14-15H2,1-2H3/q+1. The summed E-state index contributed by atoms with van der Waals surface area (Å²) in [6, 6.07) is 18.8. The number of fused-ring (bicyclic) bond motifs is 1. The minimum atomic E-state index is -0.535. The number of allylic oxidation sites excluding steroid dienone is 1. The van der Waals surface area contributed by atoms with Crippen molar-refractivity contribution in [2.45, 2.75) is 27.0 Å². The average Bonchev–Trinajstić information content (AvgIpc) is 2.74. The number of nitrogens with zero attached hydrogens (tertiary/aromatic N) is 1. The predicted molar refractivity (Wildman–Crippen MR) is 112 cm³/mol. The van der Waals surface area contributed by atoms with Crippen LogP contribution >= 0.6 is 0 Å². The molecule has 1 aliphatic rings. The average molecular weight is 406 g/mol. The highest BCUT2D eigenvalue weighted by Crippen LogP contribution is 2.40. The van der Waals surface area contributed by atoms with Crippen molar-refractivity contribution in [3.8, 4) is 5.75 Å². The molecule has 0 fully saturated rings. The zero-order valence-corrected chi connectivity index (χ0v) is 16.9. The molecule has 3 aromatic carbocycles. The molecule has 30 heavy (non-hydrogen) atoms. The molecular formula is C25H22F2NO2+. The van der Waals surface area contributed by atoms with E-state index < -0.39 is 5.82 Å². The second-order valence-electron chi connectivity index (χ2n) is 7.64. The fourth-order valence-corrected chi connectivity index (χ4v) is 3.82. The number of rotatable bonds is 5. The van der Waals surface area contributed by atoms with Gasteiger partial charge in [0.1, 0.15) is 12.4 Å². The quantitative estimate of drug-likeness (QED) is 0.469. The SMILES string of the molecule is CC(C)C1=C(c2ccc(F)cc2)c2ccc(OCc3ccccc3)c(F)c2C[N+]1=O. The summed E-state index contributed by atoms with van der Waals surface area (Å²) < 4.78 is 35.3. The van der Waals surface area contributed by atoms with Crippen molar-refractivity contribution in [1.29, 1.82) is 0 Å². The largest absolute Gasteiger partial charge is 0.486 e. The van der Waals surface area contributed by atoms with Crippen molar-refractivity contribution in [1.82, 2.24) is 0 Å². The summed E-state index contributed by atoms with van der Waals surface area (Å²) in [5.74, 6) is -0.867. The van der Waals surface area contributed by atoms with Crippen molar-refractivity contribution in [3.63, 3.8) is 0 Å². The summed E-state index contributed by atoms with van der Waals surface area (Å²) in [7, 11) is 0. The Morgan fingerprint density at radius 1 is 0.967 bits per heavy atom. The lowest BCUT2D eigenvalue weighted by Gasteiger charge is -2.21. The van der Waals surface area contributed by atoms with Crippen molar-refractivity contribution in [2.24, 2.45) is 5.92 Å². The molecule has 0 saturated carbocycles. The van der Waals surface area contributed by atoms with Gasteiger partial charge in [-0.15, -0.1) is 0 Å². The zero-order valence-electron chi connectivity index (χ0n) is 16.9. The van der Waals surface area contributed by atoms with E-state index in [1.54, 1.807) is 24.3 Å².